The number of aromatic carboxylic acids is 1. The molecule has 1 aliphatic heterocycles. The Labute approximate surface area is 110 Å². The van der Waals surface area contributed by atoms with E-state index in [4.69, 9.17) is 0 Å². The second kappa shape index (κ2) is 4.68. The molecule has 0 bridgehead atoms. The standard InChI is InChI=1S/C14H13N3O2/c18-14(19)12-3-1-2-10-9-17(7-4-11(10)12)13-8-15-5-6-16-13/h1-3,5-6,8H,4,7,9H2,(H,18,19). The molecular weight excluding hydrogens is 242 g/mol. The summed E-state index contributed by atoms with van der Waals surface area (Å²) in [6, 6.07) is 5.44. The number of nitrogens with zero attached hydrogens (tertiary/aromatic N) is 3. The molecule has 1 aromatic carbocycles. The summed E-state index contributed by atoms with van der Waals surface area (Å²) in [7, 11) is 0. The molecule has 0 atom stereocenters. The highest BCUT2D eigenvalue weighted by Crippen LogP contribution is 2.25. The number of hydrogen-bond donors (Lipinski definition) is 1. The normalized spacial score (nSPS) is 14.0. The van der Waals surface area contributed by atoms with Crippen LogP contribution in [0, 0.1) is 0 Å². The monoisotopic (exact) mass is 255 g/mol. The van der Waals surface area contributed by atoms with Gasteiger partial charge in [-0.25, -0.2) is 9.78 Å². The molecule has 5 heteroatoms. The van der Waals surface area contributed by atoms with Gasteiger partial charge in [-0.05, 0) is 23.6 Å². The zero-order valence-corrected chi connectivity index (χ0v) is 10.3. The summed E-state index contributed by atoms with van der Waals surface area (Å²) in [6.07, 6.45) is 5.75. The van der Waals surface area contributed by atoms with E-state index in [0.717, 1.165) is 23.5 Å². The smallest absolute Gasteiger partial charge is 0.335 e. The van der Waals surface area contributed by atoms with E-state index in [1.807, 2.05) is 6.07 Å². The molecule has 1 aromatic heterocycles. The number of rotatable bonds is 2. The Hall–Kier alpha value is -2.43. The highest BCUT2D eigenvalue weighted by molar-refractivity contribution is 5.90. The van der Waals surface area contributed by atoms with Gasteiger partial charge in [0.15, 0.2) is 0 Å². The minimum absolute atomic E-state index is 0.413. The van der Waals surface area contributed by atoms with Crippen LogP contribution in [0.1, 0.15) is 21.5 Å². The largest absolute Gasteiger partial charge is 0.478 e. The van der Waals surface area contributed by atoms with Gasteiger partial charge in [0, 0.05) is 25.5 Å². The Morgan fingerprint density at radius 2 is 2.21 bits per heavy atom. The van der Waals surface area contributed by atoms with Crippen molar-refractivity contribution in [3.8, 4) is 0 Å². The predicted octanol–water partition coefficient (Wildman–Crippen LogP) is 1.74. The molecule has 2 heterocycles. The molecule has 0 amide bonds. The zero-order valence-electron chi connectivity index (χ0n) is 10.3. The summed E-state index contributed by atoms with van der Waals surface area (Å²) in [5.74, 6) is -0.0290. The fraction of sp³-hybridized carbons (Fsp3) is 0.214. The Morgan fingerprint density at radius 1 is 1.32 bits per heavy atom. The summed E-state index contributed by atoms with van der Waals surface area (Å²) in [5.41, 5.74) is 2.41. The number of fused-ring (bicyclic) bond motifs is 1. The number of anilines is 1. The lowest BCUT2D eigenvalue weighted by molar-refractivity contribution is 0.0695. The molecule has 5 nitrogen and oxygen atoms in total. The van der Waals surface area contributed by atoms with Crippen LogP contribution >= 0.6 is 0 Å². The first-order chi connectivity index (χ1) is 9.25. The number of carbonyl (C=O) groups is 1. The molecule has 1 aliphatic rings. The second-order valence-corrected chi connectivity index (χ2v) is 4.48. The van der Waals surface area contributed by atoms with Gasteiger partial charge < -0.3 is 10.0 Å². The fourth-order valence-electron chi connectivity index (χ4n) is 2.46. The lowest BCUT2D eigenvalue weighted by Gasteiger charge is -2.30. The molecule has 0 unspecified atom stereocenters. The molecule has 19 heavy (non-hydrogen) atoms. The van der Waals surface area contributed by atoms with Crippen molar-refractivity contribution >= 4 is 11.8 Å². The molecule has 3 rings (SSSR count). The Kier molecular flexibility index (Phi) is 2.87. The van der Waals surface area contributed by atoms with Crippen molar-refractivity contribution in [2.45, 2.75) is 13.0 Å². The van der Waals surface area contributed by atoms with Crippen LogP contribution in [0.25, 0.3) is 0 Å². The van der Waals surface area contributed by atoms with Crippen LogP contribution in [0.3, 0.4) is 0 Å². The molecule has 0 saturated heterocycles. The van der Waals surface area contributed by atoms with Gasteiger partial charge in [-0.3, -0.25) is 4.98 Å². The van der Waals surface area contributed by atoms with E-state index in [-0.39, 0.29) is 0 Å². The Morgan fingerprint density at radius 3 is 2.95 bits per heavy atom. The minimum Gasteiger partial charge on any atom is -0.478 e. The van der Waals surface area contributed by atoms with Gasteiger partial charge in [-0.1, -0.05) is 12.1 Å². The third kappa shape index (κ3) is 2.14. The molecule has 0 aliphatic carbocycles. The second-order valence-electron chi connectivity index (χ2n) is 4.48. The van der Waals surface area contributed by atoms with Crippen LogP contribution in [0.4, 0.5) is 5.82 Å². The molecule has 1 N–H and O–H groups in total. The van der Waals surface area contributed by atoms with Crippen molar-refractivity contribution in [2.75, 3.05) is 11.4 Å². The van der Waals surface area contributed by atoms with Crippen LogP contribution in [0.2, 0.25) is 0 Å². The van der Waals surface area contributed by atoms with E-state index in [9.17, 15) is 9.90 Å². The van der Waals surface area contributed by atoms with Gasteiger partial charge in [0.05, 0.1) is 11.8 Å². The van der Waals surface area contributed by atoms with Crippen LogP contribution in [0.15, 0.2) is 36.8 Å². The molecule has 0 spiro atoms. The first-order valence-corrected chi connectivity index (χ1v) is 6.11. The topological polar surface area (TPSA) is 66.3 Å². The number of carboxylic acids is 1. The average Bonchev–Trinajstić information content (AvgIpc) is 2.47. The maximum atomic E-state index is 11.2. The zero-order chi connectivity index (χ0) is 13.2. The average molecular weight is 255 g/mol. The van der Waals surface area contributed by atoms with E-state index < -0.39 is 5.97 Å². The summed E-state index contributed by atoms with van der Waals surface area (Å²) >= 11 is 0. The van der Waals surface area contributed by atoms with Crippen LogP contribution in [-0.2, 0) is 13.0 Å². The first-order valence-electron chi connectivity index (χ1n) is 6.11. The molecule has 0 radical (unpaired) electrons. The Bertz CT molecular complexity index is 613. The lowest BCUT2D eigenvalue weighted by atomic mass is 9.94. The van der Waals surface area contributed by atoms with Gasteiger partial charge >= 0.3 is 5.97 Å². The van der Waals surface area contributed by atoms with Crippen molar-refractivity contribution in [3.05, 3.63) is 53.5 Å². The molecule has 0 saturated carbocycles. The van der Waals surface area contributed by atoms with Crippen molar-refractivity contribution in [1.82, 2.24) is 9.97 Å². The number of carboxylic acid groups (broad SMARTS) is 1. The maximum Gasteiger partial charge on any atom is 0.335 e. The molecule has 96 valence electrons. The van der Waals surface area contributed by atoms with E-state index in [1.54, 1.807) is 30.7 Å². The highest BCUT2D eigenvalue weighted by Gasteiger charge is 2.21. The fourth-order valence-corrected chi connectivity index (χ4v) is 2.46. The van der Waals surface area contributed by atoms with E-state index in [2.05, 4.69) is 14.9 Å². The van der Waals surface area contributed by atoms with Gasteiger partial charge in [0.1, 0.15) is 5.82 Å². The first kappa shape index (κ1) is 11.6. The van der Waals surface area contributed by atoms with Crippen molar-refractivity contribution < 1.29 is 9.90 Å². The molecular formula is C14H13N3O2. The van der Waals surface area contributed by atoms with Crippen molar-refractivity contribution in [3.63, 3.8) is 0 Å². The van der Waals surface area contributed by atoms with E-state index in [1.165, 1.54) is 0 Å². The van der Waals surface area contributed by atoms with Crippen LogP contribution in [-0.4, -0.2) is 27.6 Å². The van der Waals surface area contributed by atoms with Crippen molar-refractivity contribution in [2.24, 2.45) is 0 Å². The summed E-state index contributed by atoms with van der Waals surface area (Å²) in [4.78, 5) is 21.6. The number of aromatic nitrogens is 2. The third-order valence-electron chi connectivity index (χ3n) is 3.37. The minimum atomic E-state index is -0.857. The predicted molar refractivity (Wildman–Crippen MR) is 70.2 cm³/mol. The van der Waals surface area contributed by atoms with Gasteiger partial charge in [0.25, 0.3) is 0 Å². The SMILES string of the molecule is O=C(O)c1cccc2c1CCN(c1cnccn1)C2. The number of hydrogen-bond acceptors (Lipinski definition) is 4. The van der Waals surface area contributed by atoms with Crippen molar-refractivity contribution in [1.29, 1.82) is 0 Å². The van der Waals surface area contributed by atoms with E-state index >= 15 is 0 Å². The van der Waals surface area contributed by atoms with Gasteiger partial charge in [-0.2, -0.15) is 0 Å². The summed E-state index contributed by atoms with van der Waals surface area (Å²) in [6.45, 7) is 1.44. The highest BCUT2D eigenvalue weighted by atomic mass is 16.4. The molecule has 2 aromatic rings. The Balaban J connectivity index is 1.93. The molecule has 0 fully saturated rings. The maximum absolute atomic E-state index is 11.2. The van der Waals surface area contributed by atoms with E-state index in [0.29, 0.717) is 18.5 Å². The quantitative estimate of drug-likeness (QED) is 0.885. The lowest BCUT2D eigenvalue weighted by Crippen LogP contribution is -2.32. The van der Waals surface area contributed by atoms with Crippen LogP contribution < -0.4 is 4.90 Å². The summed E-state index contributed by atoms with van der Waals surface area (Å²) in [5, 5.41) is 9.19. The third-order valence-corrected chi connectivity index (χ3v) is 3.37. The van der Waals surface area contributed by atoms with Crippen LogP contribution in [0.5, 0.6) is 0 Å². The summed E-state index contributed by atoms with van der Waals surface area (Å²) < 4.78 is 0. The number of benzene rings is 1. The van der Waals surface area contributed by atoms with Gasteiger partial charge in [0.2, 0.25) is 0 Å². The van der Waals surface area contributed by atoms with Gasteiger partial charge in [-0.15, -0.1) is 0 Å².